The molecule has 0 radical (unpaired) electrons. The number of rotatable bonds is 7. The number of halogens is 1. The molecule has 0 aliphatic rings. The van der Waals surface area contributed by atoms with Crippen LogP contribution >= 0.6 is 15.9 Å². The molecule has 0 aliphatic heterocycles. The fourth-order valence-corrected chi connectivity index (χ4v) is 2.45. The van der Waals surface area contributed by atoms with Gasteiger partial charge in [0.05, 0.1) is 6.21 Å². The van der Waals surface area contributed by atoms with Crippen LogP contribution in [0.5, 0.6) is 5.75 Å². The fraction of sp³-hybridized carbons (Fsp3) is 0.0952. The van der Waals surface area contributed by atoms with Crippen molar-refractivity contribution in [2.24, 2.45) is 5.16 Å². The fourth-order valence-electron chi connectivity index (χ4n) is 2.18. The van der Waals surface area contributed by atoms with Crippen LogP contribution in [0.4, 0.5) is 0 Å². The van der Waals surface area contributed by atoms with Crippen molar-refractivity contribution in [1.82, 2.24) is 0 Å². The van der Waals surface area contributed by atoms with Crippen molar-refractivity contribution in [3.8, 4) is 5.75 Å². The largest absolute Gasteiger partial charge is 0.489 e. The third-order valence-corrected chi connectivity index (χ3v) is 4.08. The van der Waals surface area contributed by atoms with E-state index in [0.29, 0.717) is 13.2 Å². The zero-order chi connectivity index (χ0) is 17.3. The Bertz CT molecular complexity index is 800. The first-order chi connectivity index (χ1) is 12.3. The van der Waals surface area contributed by atoms with Gasteiger partial charge in [-0.05, 0) is 53.1 Å². The van der Waals surface area contributed by atoms with Gasteiger partial charge in [0.1, 0.15) is 19.0 Å². The van der Waals surface area contributed by atoms with Crippen molar-refractivity contribution >= 4 is 22.1 Å². The average molecular weight is 396 g/mol. The predicted molar refractivity (Wildman–Crippen MR) is 104 cm³/mol. The summed E-state index contributed by atoms with van der Waals surface area (Å²) in [7, 11) is 0. The standard InChI is InChI=1S/C21H18BrNO2/c22-20-10-6-19(7-11-20)16-25-23-14-17-8-12-21(13-9-17)24-15-18-4-2-1-3-5-18/h1-14H,15-16H2/b23-14+. The second-order valence-corrected chi connectivity index (χ2v) is 6.39. The molecule has 0 fully saturated rings. The number of oxime groups is 1. The Kier molecular flexibility index (Phi) is 6.23. The summed E-state index contributed by atoms with van der Waals surface area (Å²) in [5.74, 6) is 0.830. The Hall–Kier alpha value is -2.59. The zero-order valence-electron chi connectivity index (χ0n) is 13.6. The lowest BCUT2D eigenvalue weighted by Gasteiger charge is -2.06. The molecular formula is C21H18BrNO2. The minimum Gasteiger partial charge on any atom is -0.489 e. The first-order valence-corrected chi connectivity index (χ1v) is 8.75. The summed E-state index contributed by atoms with van der Waals surface area (Å²) in [6, 6.07) is 25.8. The highest BCUT2D eigenvalue weighted by Gasteiger charge is 1.96. The van der Waals surface area contributed by atoms with Crippen LogP contribution in [0.3, 0.4) is 0 Å². The smallest absolute Gasteiger partial charge is 0.142 e. The molecule has 3 nitrogen and oxygen atoms in total. The van der Waals surface area contributed by atoms with Crippen LogP contribution in [0.15, 0.2) is 88.5 Å². The van der Waals surface area contributed by atoms with Crippen LogP contribution in [0.25, 0.3) is 0 Å². The first kappa shape index (κ1) is 17.2. The summed E-state index contributed by atoms with van der Waals surface area (Å²) in [4.78, 5) is 5.32. The Balaban J connectivity index is 1.46. The molecule has 0 spiro atoms. The Morgan fingerprint density at radius 2 is 1.44 bits per heavy atom. The third-order valence-electron chi connectivity index (χ3n) is 3.55. The van der Waals surface area contributed by atoms with E-state index in [1.165, 1.54) is 0 Å². The van der Waals surface area contributed by atoms with Crippen LogP contribution in [0.1, 0.15) is 16.7 Å². The highest BCUT2D eigenvalue weighted by molar-refractivity contribution is 9.10. The van der Waals surface area contributed by atoms with Gasteiger partial charge in [0.2, 0.25) is 0 Å². The van der Waals surface area contributed by atoms with Crippen molar-refractivity contribution in [2.45, 2.75) is 13.2 Å². The summed E-state index contributed by atoms with van der Waals surface area (Å²) in [5, 5.41) is 4.01. The lowest BCUT2D eigenvalue weighted by Crippen LogP contribution is -1.95. The van der Waals surface area contributed by atoms with Crippen molar-refractivity contribution in [2.75, 3.05) is 0 Å². The van der Waals surface area contributed by atoms with Gasteiger partial charge in [-0.1, -0.05) is 63.6 Å². The molecule has 0 heterocycles. The second kappa shape index (κ2) is 9.04. The van der Waals surface area contributed by atoms with E-state index in [1.54, 1.807) is 6.21 Å². The highest BCUT2D eigenvalue weighted by Crippen LogP contribution is 2.14. The van der Waals surface area contributed by atoms with Crippen LogP contribution in [-0.4, -0.2) is 6.21 Å². The SMILES string of the molecule is Brc1ccc(CO/N=C/c2ccc(OCc3ccccc3)cc2)cc1. The Morgan fingerprint density at radius 1 is 0.760 bits per heavy atom. The third kappa shape index (κ3) is 5.76. The lowest BCUT2D eigenvalue weighted by molar-refractivity contribution is 0.132. The summed E-state index contributed by atoms with van der Waals surface area (Å²) >= 11 is 3.41. The number of ether oxygens (including phenoxy) is 1. The van der Waals surface area contributed by atoms with Gasteiger partial charge >= 0.3 is 0 Å². The minimum atomic E-state index is 0.446. The van der Waals surface area contributed by atoms with Crippen molar-refractivity contribution < 1.29 is 9.57 Å². The summed E-state index contributed by atoms with van der Waals surface area (Å²) in [5.41, 5.74) is 3.18. The topological polar surface area (TPSA) is 30.8 Å². The van der Waals surface area contributed by atoms with Gasteiger partial charge in [-0.25, -0.2) is 0 Å². The number of nitrogens with zero attached hydrogens (tertiary/aromatic N) is 1. The maximum absolute atomic E-state index is 5.76. The molecule has 0 saturated carbocycles. The van der Waals surface area contributed by atoms with Crippen LogP contribution in [-0.2, 0) is 18.1 Å². The van der Waals surface area contributed by atoms with Crippen molar-refractivity contribution in [3.05, 3.63) is 100 Å². The zero-order valence-corrected chi connectivity index (χ0v) is 15.2. The molecule has 126 valence electrons. The van der Waals surface area contributed by atoms with E-state index in [9.17, 15) is 0 Å². The minimum absolute atomic E-state index is 0.446. The lowest BCUT2D eigenvalue weighted by atomic mass is 10.2. The maximum atomic E-state index is 5.76. The summed E-state index contributed by atoms with van der Waals surface area (Å²) in [6.07, 6.45) is 1.69. The maximum Gasteiger partial charge on any atom is 0.142 e. The van der Waals surface area contributed by atoms with E-state index in [1.807, 2.05) is 78.9 Å². The molecule has 3 aromatic rings. The van der Waals surface area contributed by atoms with Gasteiger partial charge in [0.15, 0.2) is 0 Å². The number of benzene rings is 3. The molecule has 0 bridgehead atoms. The van der Waals surface area contributed by atoms with Crippen molar-refractivity contribution in [1.29, 1.82) is 0 Å². The molecule has 0 unspecified atom stereocenters. The van der Waals surface area contributed by atoms with Crippen LogP contribution in [0.2, 0.25) is 0 Å². The average Bonchev–Trinajstić information content (AvgIpc) is 2.67. The summed E-state index contributed by atoms with van der Waals surface area (Å²) in [6.45, 7) is 1.01. The van der Waals surface area contributed by atoms with Gasteiger partial charge in [0.25, 0.3) is 0 Å². The summed E-state index contributed by atoms with van der Waals surface area (Å²) < 4.78 is 6.81. The van der Waals surface area contributed by atoms with E-state index >= 15 is 0 Å². The normalized spacial score (nSPS) is 10.8. The highest BCUT2D eigenvalue weighted by atomic mass is 79.9. The van der Waals surface area contributed by atoms with Gasteiger partial charge in [-0.15, -0.1) is 0 Å². The molecule has 4 heteroatoms. The molecule has 0 amide bonds. The van der Waals surface area contributed by atoms with E-state index in [-0.39, 0.29) is 0 Å². The predicted octanol–water partition coefficient (Wildman–Crippen LogP) is 5.58. The molecule has 0 aliphatic carbocycles. The van der Waals surface area contributed by atoms with Crippen LogP contribution < -0.4 is 4.74 Å². The van der Waals surface area contributed by atoms with E-state index < -0.39 is 0 Å². The Morgan fingerprint density at radius 3 is 2.16 bits per heavy atom. The van der Waals surface area contributed by atoms with Gasteiger partial charge in [0, 0.05) is 4.47 Å². The van der Waals surface area contributed by atoms with E-state index in [4.69, 9.17) is 9.57 Å². The number of hydrogen-bond donors (Lipinski definition) is 0. The molecule has 0 saturated heterocycles. The van der Waals surface area contributed by atoms with Crippen molar-refractivity contribution in [3.63, 3.8) is 0 Å². The molecule has 0 N–H and O–H groups in total. The van der Waals surface area contributed by atoms with Gasteiger partial charge in [-0.3, -0.25) is 0 Å². The first-order valence-electron chi connectivity index (χ1n) is 7.96. The Labute approximate surface area is 156 Å². The monoisotopic (exact) mass is 395 g/mol. The molecule has 0 atom stereocenters. The molecule has 3 aromatic carbocycles. The van der Waals surface area contributed by atoms with Gasteiger partial charge < -0.3 is 9.57 Å². The molecule has 3 rings (SSSR count). The van der Waals surface area contributed by atoms with E-state index in [0.717, 1.165) is 26.9 Å². The van der Waals surface area contributed by atoms with Gasteiger partial charge in [-0.2, -0.15) is 0 Å². The van der Waals surface area contributed by atoms with E-state index in [2.05, 4.69) is 21.1 Å². The molecule has 0 aromatic heterocycles. The number of hydrogen-bond acceptors (Lipinski definition) is 3. The quantitative estimate of drug-likeness (QED) is 0.386. The second-order valence-electron chi connectivity index (χ2n) is 5.48. The van der Waals surface area contributed by atoms with Crippen LogP contribution in [0, 0.1) is 0 Å². The molecule has 25 heavy (non-hydrogen) atoms. The molecular weight excluding hydrogens is 378 g/mol.